The molecule has 0 radical (unpaired) electrons. The molecule has 0 aromatic heterocycles. The molecular weight excluding hydrogens is 164 g/mol. The van der Waals surface area contributed by atoms with E-state index < -0.39 is 0 Å². The molecule has 1 heteroatoms. The summed E-state index contributed by atoms with van der Waals surface area (Å²) >= 11 is 3.34. The van der Waals surface area contributed by atoms with Gasteiger partial charge in [-0.15, -0.1) is 0 Å². The zero-order valence-electron chi connectivity index (χ0n) is 4.39. The fourth-order valence-corrected chi connectivity index (χ4v) is 0.862. The Morgan fingerprint density at radius 2 is 2.50 bits per heavy atom. The van der Waals surface area contributed by atoms with Crippen LogP contribution in [0.25, 0.3) is 0 Å². The van der Waals surface area contributed by atoms with Crippen LogP contribution < -0.4 is 0 Å². The quantitative estimate of drug-likeness (QED) is 0.418. The average molecular weight is 170 g/mol. The Hall–Kier alpha value is -0.390. The molecule has 0 amide bonds. The maximum atomic E-state index is 3.34. The van der Waals surface area contributed by atoms with Crippen LogP contribution in [0.4, 0.5) is 0 Å². The second-order valence-corrected chi connectivity index (χ2v) is 2.11. The number of halogens is 1. The van der Waals surface area contributed by atoms with Crippen LogP contribution in [0, 0.1) is 6.08 Å². The van der Waals surface area contributed by atoms with E-state index in [2.05, 4.69) is 28.1 Å². The van der Waals surface area contributed by atoms with E-state index >= 15 is 0 Å². The fourth-order valence-electron chi connectivity index (χ4n) is 0.514. The summed E-state index contributed by atoms with van der Waals surface area (Å²) in [6.07, 6.45) is 10.9. The van der Waals surface area contributed by atoms with Gasteiger partial charge < -0.3 is 0 Å². The molecule has 0 aliphatic heterocycles. The lowest BCUT2D eigenvalue weighted by Gasteiger charge is -1.83. The van der Waals surface area contributed by atoms with Crippen molar-refractivity contribution in [1.29, 1.82) is 0 Å². The van der Waals surface area contributed by atoms with Crippen LogP contribution >= 0.6 is 15.9 Å². The molecule has 0 saturated carbocycles. The molecule has 0 fully saturated rings. The van der Waals surface area contributed by atoms with Gasteiger partial charge in [0.25, 0.3) is 0 Å². The van der Waals surface area contributed by atoms with Gasteiger partial charge >= 0.3 is 0 Å². The molecule has 0 aromatic rings. The molecule has 40 valence electrons. The minimum Gasteiger partial charge on any atom is -0.0720 e. The highest BCUT2D eigenvalue weighted by atomic mass is 79.9. The van der Waals surface area contributed by atoms with E-state index in [9.17, 15) is 0 Å². The van der Waals surface area contributed by atoms with Crippen molar-refractivity contribution in [2.45, 2.75) is 0 Å². The van der Waals surface area contributed by atoms with Gasteiger partial charge in [-0.25, -0.2) is 0 Å². The second-order valence-electron chi connectivity index (χ2n) is 1.55. The number of hydrogen-bond acceptors (Lipinski definition) is 0. The summed E-state index contributed by atoms with van der Waals surface area (Å²) in [6.45, 7) is 0. The monoisotopic (exact) mass is 169 g/mol. The Labute approximate surface area is 57.7 Å². The third-order valence-electron chi connectivity index (χ3n) is 0.926. The lowest BCUT2D eigenvalue weighted by molar-refractivity contribution is 1.52. The number of rotatable bonds is 1. The van der Waals surface area contributed by atoms with Crippen LogP contribution in [-0.2, 0) is 0 Å². The second kappa shape index (κ2) is 2.81. The van der Waals surface area contributed by atoms with Crippen molar-refractivity contribution >= 4 is 15.9 Å². The van der Waals surface area contributed by atoms with Crippen LogP contribution in [0.5, 0.6) is 0 Å². The summed E-state index contributed by atoms with van der Waals surface area (Å²) in [7, 11) is 0. The van der Waals surface area contributed by atoms with Gasteiger partial charge in [0, 0.05) is 12.2 Å². The van der Waals surface area contributed by atoms with E-state index in [1.807, 2.05) is 18.2 Å². The molecule has 0 nitrogen and oxygen atoms in total. The first-order valence-corrected chi connectivity index (χ1v) is 3.56. The summed E-state index contributed by atoms with van der Waals surface area (Å²) in [5.41, 5.74) is 1.27. The van der Waals surface area contributed by atoms with Crippen LogP contribution in [-0.4, -0.2) is 5.33 Å². The van der Waals surface area contributed by atoms with Crippen LogP contribution in [0.2, 0.25) is 0 Å². The first-order valence-electron chi connectivity index (χ1n) is 2.44. The lowest BCUT2D eigenvalue weighted by atomic mass is 10.2. The van der Waals surface area contributed by atoms with E-state index in [0.29, 0.717) is 0 Å². The smallest absolute Gasteiger partial charge is 0.0720 e. The van der Waals surface area contributed by atoms with Crippen molar-refractivity contribution < 1.29 is 0 Å². The van der Waals surface area contributed by atoms with Crippen LogP contribution in [0.3, 0.4) is 0 Å². The molecule has 0 N–H and O–H groups in total. The lowest BCUT2D eigenvalue weighted by Crippen LogP contribution is -1.79. The molecule has 0 aromatic carbocycles. The van der Waals surface area contributed by atoms with Gasteiger partial charge in [-0.2, -0.15) is 0 Å². The van der Waals surface area contributed by atoms with Crippen LogP contribution in [0.15, 0.2) is 29.9 Å². The predicted octanol–water partition coefficient (Wildman–Crippen LogP) is 2.24. The zero-order valence-corrected chi connectivity index (χ0v) is 5.98. The molecule has 0 unspecified atom stereocenters. The van der Waals surface area contributed by atoms with E-state index in [1.165, 1.54) is 5.57 Å². The largest absolute Gasteiger partial charge is 0.106 e. The van der Waals surface area contributed by atoms with E-state index in [-0.39, 0.29) is 0 Å². The molecule has 8 heavy (non-hydrogen) atoms. The molecule has 0 saturated heterocycles. The molecular formula is C7H6Br+. The minimum atomic E-state index is 0.921. The first kappa shape index (κ1) is 5.74. The normalized spacial score (nSPS) is 15.4. The Kier molecular flexibility index (Phi) is 2.01. The maximum absolute atomic E-state index is 3.34. The highest BCUT2D eigenvalue weighted by Crippen LogP contribution is 2.04. The van der Waals surface area contributed by atoms with Crippen molar-refractivity contribution in [1.82, 2.24) is 0 Å². The van der Waals surface area contributed by atoms with Gasteiger partial charge in [0.2, 0.25) is 0 Å². The molecule has 0 spiro atoms. The number of alkyl halides is 1. The maximum Gasteiger partial charge on any atom is 0.106 e. The summed E-state index contributed by atoms with van der Waals surface area (Å²) < 4.78 is 0. The SMILES string of the molecule is BrCC1=CC=C[C+]=C1. The van der Waals surface area contributed by atoms with Gasteiger partial charge in [-0.1, -0.05) is 15.9 Å². The summed E-state index contributed by atoms with van der Waals surface area (Å²) in [6, 6.07) is 0. The summed E-state index contributed by atoms with van der Waals surface area (Å²) in [4.78, 5) is 0. The van der Waals surface area contributed by atoms with Gasteiger partial charge in [-0.05, 0) is 0 Å². The topological polar surface area (TPSA) is 0 Å². The van der Waals surface area contributed by atoms with Crippen molar-refractivity contribution in [3.63, 3.8) is 0 Å². The Morgan fingerprint density at radius 1 is 1.62 bits per heavy atom. The highest BCUT2D eigenvalue weighted by Gasteiger charge is 1.97. The number of allylic oxidation sites excluding steroid dienone is 6. The average Bonchev–Trinajstić information content (AvgIpc) is 1.90. The highest BCUT2D eigenvalue weighted by molar-refractivity contribution is 9.09. The summed E-state index contributed by atoms with van der Waals surface area (Å²) in [5.74, 6) is 0. The summed E-state index contributed by atoms with van der Waals surface area (Å²) in [5, 5.41) is 0.921. The molecule has 1 rings (SSSR count). The Balaban J connectivity index is 2.68. The van der Waals surface area contributed by atoms with Crippen molar-refractivity contribution in [2.75, 3.05) is 5.33 Å². The van der Waals surface area contributed by atoms with E-state index in [4.69, 9.17) is 0 Å². The van der Waals surface area contributed by atoms with Crippen molar-refractivity contribution in [2.24, 2.45) is 0 Å². The molecule has 1 aliphatic rings. The van der Waals surface area contributed by atoms with Crippen molar-refractivity contribution in [3.05, 3.63) is 36.0 Å². The molecule has 0 heterocycles. The number of hydrogen-bond donors (Lipinski definition) is 0. The van der Waals surface area contributed by atoms with Gasteiger partial charge in [-0.3, -0.25) is 0 Å². The fraction of sp³-hybridized carbons (Fsp3) is 0.143. The van der Waals surface area contributed by atoms with Gasteiger partial charge in [0.05, 0.1) is 17.0 Å². The van der Waals surface area contributed by atoms with E-state index in [1.54, 1.807) is 0 Å². The Morgan fingerprint density at radius 3 is 2.88 bits per heavy atom. The predicted molar refractivity (Wildman–Crippen MR) is 38.8 cm³/mol. The molecule has 0 bridgehead atoms. The van der Waals surface area contributed by atoms with Crippen LogP contribution in [0.1, 0.15) is 0 Å². The molecule has 0 atom stereocenters. The third kappa shape index (κ3) is 1.29. The third-order valence-corrected chi connectivity index (χ3v) is 1.57. The minimum absolute atomic E-state index is 0.921. The van der Waals surface area contributed by atoms with Gasteiger partial charge in [0.1, 0.15) is 12.2 Å². The van der Waals surface area contributed by atoms with Gasteiger partial charge in [0.15, 0.2) is 0 Å². The van der Waals surface area contributed by atoms with E-state index in [0.717, 1.165) is 5.33 Å². The van der Waals surface area contributed by atoms with Crippen molar-refractivity contribution in [3.8, 4) is 0 Å². The Bertz CT molecular complexity index is 152. The zero-order chi connectivity index (χ0) is 5.82. The molecule has 1 aliphatic carbocycles. The standard InChI is InChI=1S/C7H6Br/c8-6-7-4-2-1-3-5-7/h1-2,4-5H,6H2/q+1. The first-order chi connectivity index (χ1) is 3.93.